The Morgan fingerprint density at radius 3 is 2.61 bits per heavy atom. The molecule has 0 aliphatic heterocycles. The number of carbonyl (C=O) groups is 1. The number of para-hydroxylation sites is 1. The molecule has 0 saturated carbocycles. The molecule has 0 saturated heterocycles. The molecule has 0 atom stereocenters. The maximum absolute atomic E-state index is 12.3. The van der Waals surface area contributed by atoms with Gasteiger partial charge in [0.15, 0.2) is 0 Å². The Morgan fingerprint density at radius 1 is 1.11 bits per heavy atom. The van der Waals surface area contributed by atoms with Crippen LogP contribution in [0.25, 0.3) is 0 Å². The Labute approximate surface area is 169 Å². The molecule has 1 heterocycles. The van der Waals surface area contributed by atoms with E-state index in [9.17, 15) is 4.79 Å². The Morgan fingerprint density at radius 2 is 1.89 bits per heavy atom. The molecule has 0 unspecified atom stereocenters. The van der Waals surface area contributed by atoms with E-state index in [2.05, 4.69) is 15.6 Å². The Kier molecular flexibility index (Phi) is 6.50. The van der Waals surface area contributed by atoms with Crippen LogP contribution in [0.4, 0.5) is 11.4 Å². The number of aryl methyl sites for hydroxylation is 1. The molecule has 144 valence electrons. The summed E-state index contributed by atoms with van der Waals surface area (Å²) in [4.78, 5) is 16.5. The van der Waals surface area contributed by atoms with Crippen LogP contribution in [0, 0.1) is 6.92 Å². The maximum atomic E-state index is 12.3. The van der Waals surface area contributed by atoms with Gasteiger partial charge >= 0.3 is 0 Å². The van der Waals surface area contributed by atoms with E-state index in [0.29, 0.717) is 23.7 Å². The summed E-state index contributed by atoms with van der Waals surface area (Å²) in [6.07, 6.45) is 2.31. The minimum absolute atomic E-state index is 0.208. The number of ether oxygens (including phenoxy) is 1. The monoisotopic (exact) mass is 395 g/mol. The van der Waals surface area contributed by atoms with Gasteiger partial charge < -0.3 is 15.4 Å². The predicted octanol–water partition coefficient (Wildman–Crippen LogP) is 4.77. The number of carbonyl (C=O) groups excluding carboxylic acids is 1. The fourth-order valence-corrected chi connectivity index (χ4v) is 2.93. The van der Waals surface area contributed by atoms with Gasteiger partial charge in [0.05, 0.1) is 19.0 Å². The van der Waals surface area contributed by atoms with Crippen molar-refractivity contribution in [3.8, 4) is 5.75 Å². The Bertz CT molecular complexity index is 958. The van der Waals surface area contributed by atoms with Crippen molar-refractivity contribution in [2.75, 3.05) is 19.0 Å². The topological polar surface area (TPSA) is 63.2 Å². The molecule has 0 aliphatic rings. The summed E-state index contributed by atoms with van der Waals surface area (Å²) < 4.78 is 5.32. The molecule has 5 nitrogen and oxygen atoms in total. The number of benzene rings is 2. The largest absolute Gasteiger partial charge is 0.496 e. The van der Waals surface area contributed by atoms with Gasteiger partial charge in [-0.25, -0.2) is 4.98 Å². The fourth-order valence-electron chi connectivity index (χ4n) is 2.75. The van der Waals surface area contributed by atoms with Gasteiger partial charge in [0.2, 0.25) is 0 Å². The van der Waals surface area contributed by atoms with Crippen LogP contribution in [0.3, 0.4) is 0 Å². The molecule has 0 spiro atoms. The minimum Gasteiger partial charge on any atom is -0.496 e. The molecule has 0 fully saturated rings. The standard InChI is InChI=1S/C22H22ClN3O2/c1-15-7-8-17(13-19(15)23)26-18-9-10-20(25-14-18)22(27)24-12-11-16-5-3-4-6-21(16)28-2/h3-10,13-14,26H,11-12H2,1-2H3,(H,24,27). The number of hydrogen-bond donors (Lipinski definition) is 2. The number of pyridine rings is 1. The predicted molar refractivity (Wildman–Crippen MR) is 113 cm³/mol. The van der Waals surface area contributed by atoms with Crippen molar-refractivity contribution in [3.63, 3.8) is 0 Å². The van der Waals surface area contributed by atoms with Gasteiger partial charge in [0.1, 0.15) is 11.4 Å². The molecular weight excluding hydrogens is 374 g/mol. The van der Waals surface area contributed by atoms with Crippen LogP contribution in [-0.2, 0) is 6.42 Å². The van der Waals surface area contributed by atoms with E-state index in [1.54, 1.807) is 19.4 Å². The van der Waals surface area contributed by atoms with E-state index in [1.165, 1.54) is 0 Å². The highest BCUT2D eigenvalue weighted by atomic mass is 35.5. The molecule has 0 aliphatic carbocycles. The van der Waals surface area contributed by atoms with Crippen molar-refractivity contribution < 1.29 is 9.53 Å². The highest BCUT2D eigenvalue weighted by Gasteiger charge is 2.08. The lowest BCUT2D eigenvalue weighted by Crippen LogP contribution is -2.26. The van der Waals surface area contributed by atoms with E-state index in [1.807, 2.05) is 55.5 Å². The zero-order chi connectivity index (χ0) is 19.9. The van der Waals surface area contributed by atoms with Crippen LogP contribution in [0.2, 0.25) is 5.02 Å². The number of rotatable bonds is 7. The first-order valence-corrected chi connectivity index (χ1v) is 9.34. The molecule has 0 bridgehead atoms. The lowest BCUT2D eigenvalue weighted by molar-refractivity contribution is 0.0949. The van der Waals surface area contributed by atoms with Crippen LogP contribution in [-0.4, -0.2) is 24.5 Å². The highest BCUT2D eigenvalue weighted by Crippen LogP contribution is 2.23. The Hall–Kier alpha value is -3.05. The molecule has 0 radical (unpaired) electrons. The zero-order valence-corrected chi connectivity index (χ0v) is 16.6. The second kappa shape index (κ2) is 9.24. The van der Waals surface area contributed by atoms with Crippen molar-refractivity contribution in [1.82, 2.24) is 10.3 Å². The lowest BCUT2D eigenvalue weighted by atomic mass is 10.1. The van der Waals surface area contributed by atoms with Crippen molar-refractivity contribution in [3.05, 3.63) is 82.6 Å². The van der Waals surface area contributed by atoms with Crippen LogP contribution in [0.1, 0.15) is 21.6 Å². The van der Waals surface area contributed by atoms with Crippen molar-refractivity contribution in [2.24, 2.45) is 0 Å². The molecule has 1 amide bonds. The average Bonchev–Trinajstić information content (AvgIpc) is 2.71. The second-order valence-corrected chi connectivity index (χ2v) is 6.75. The van der Waals surface area contributed by atoms with Gasteiger partial charge in [-0.15, -0.1) is 0 Å². The molecule has 28 heavy (non-hydrogen) atoms. The third-order valence-electron chi connectivity index (χ3n) is 4.33. The number of aromatic nitrogens is 1. The van der Waals surface area contributed by atoms with E-state index in [0.717, 1.165) is 28.3 Å². The first-order chi connectivity index (χ1) is 13.6. The smallest absolute Gasteiger partial charge is 0.269 e. The minimum atomic E-state index is -0.208. The lowest BCUT2D eigenvalue weighted by Gasteiger charge is -2.10. The van der Waals surface area contributed by atoms with Gasteiger partial charge in [-0.1, -0.05) is 35.9 Å². The molecule has 2 N–H and O–H groups in total. The first-order valence-electron chi connectivity index (χ1n) is 8.96. The second-order valence-electron chi connectivity index (χ2n) is 6.34. The van der Waals surface area contributed by atoms with Crippen molar-refractivity contribution in [2.45, 2.75) is 13.3 Å². The van der Waals surface area contributed by atoms with Gasteiger partial charge in [0.25, 0.3) is 5.91 Å². The molecule has 3 rings (SSSR count). The van der Waals surface area contributed by atoms with Crippen molar-refractivity contribution >= 4 is 28.9 Å². The number of nitrogens with one attached hydrogen (secondary N) is 2. The summed E-state index contributed by atoms with van der Waals surface area (Å²) in [7, 11) is 1.64. The summed E-state index contributed by atoms with van der Waals surface area (Å²) in [6, 6.07) is 17.0. The number of methoxy groups -OCH3 is 1. The maximum Gasteiger partial charge on any atom is 0.269 e. The summed E-state index contributed by atoms with van der Waals surface area (Å²) in [5.74, 6) is 0.612. The normalized spacial score (nSPS) is 10.4. The van der Waals surface area contributed by atoms with E-state index < -0.39 is 0 Å². The summed E-state index contributed by atoms with van der Waals surface area (Å²) in [5.41, 5.74) is 4.09. The number of anilines is 2. The fraction of sp³-hybridized carbons (Fsp3) is 0.182. The number of halogens is 1. The SMILES string of the molecule is COc1ccccc1CCNC(=O)c1ccc(Nc2ccc(C)c(Cl)c2)cn1. The third kappa shape index (κ3) is 5.02. The number of nitrogens with zero attached hydrogens (tertiary/aromatic N) is 1. The molecule has 1 aromatic heterocycles. The van der Waals surface area contributed by atoms with Crippen LogP contribution >= 0.6 is 11.6 Å². The average molecular weight is 396 g/mol. The van der Waals surface area contributed by atoms with Gasteiger partial charge in [-0.3, -0.25) is 4.79 Å². The molecule has 6 heteroatoms. The highest BCUT2D eigenvalue weighted by molar-refractivity contribution is 6.31. The quantitative estimate of drug-likeness (QED) is 0.605. The first kappa shape index (κ1) is 19.7. The number of hydrogen-bond acceptors (Lipinski definition) is 4. The molecule has 3 aromatic rings. The molecule has 2 aromatic carbocycles. The summed E-state index contributed by atoms with van der Waals surface area (Å²) in [5, 5.41) is 6.81. The van der Waals surface area contributed by atoms with Crippen LogP contribution < -0.4 is 15.4 Å². The van der Waals surface area contributed by atoms with Crippen LogP contribution in [0.15, 0.2) is 60.8 Å². The van der Waals surface area contributed by atoms with Crippen LogP contribution in [0.5, 0.6) is 5.75 Å². The zero-order valence-electron chi connectivity index (χ0n) is 15.8. The van der Waals surface area contributed by atoms with E-state index >= 15 is 0 Å². The molecular formula is C22H22ClN3O2. The van der Waals surface area contributed by atoms with Gasteiger partial charge in [-0.05, 0) is 54.8 Å². The third-order valence-corrected chi connectivity index (χ3v) is 4.74. The van der Waals surface area contributed by atoms with Gasteiger partial charge in [-0.2, -0.15) is 0 Å². The van der Waals surface area contributed by atoms with Gasteiger partial charge in [0, 0.05) is 17.3 Å². The van der Waals surface area contributed by atoms with Crippen molar-refractivity contribution in [1.29, 1.82) is 0 Å². The summed E-state index contributed by atoms with van der Waals surface area (Å²) >= 11 is 6.14. The van der Waals surface area contributed by atoms with E-state index in [-0.39, 0.29) is 5.91 Å². The Balaban J connectivity index is 1.55. The number of amides is 1. The van der Waals surface area contributed by atoms with E-state index in [4.69, 9.17) is 16.3 Å². The summed E-state index contributed by atoms with van der Waals surface area (Å²) in [6.45, 7) is 2.46.